The molecule has 0 saturated heterocycles. The monoisotopic (exact) mass is 194 g/mol. The summed E-state index contributed by atoms with van der Waals surface area (Å²) in [6, 6.07) is 0. The third-order valence-electron chi connectivity index (χ3n) is 1.80. The van der Waals surface area contributed by atoms with E-state index in [1.165, 1.54) is 13.3 Å². The van der Waals surface area contributed by atoms with E-state index in [0.29, 0.717) is 0 Å². The molecule has 0 spiro atoms. The van der Waals surface area contributed by atoms with E-state index < -0.39 is 5.97 Å². The summed E-state index contributed by atoms with van der Waals surface area (Å²) in [6.07, 6.45) is 3.06. The number of carbonyl (C=O) groups is 1. The molecule has 4 heteroatoms. The predicted molar refractivity (Wildman–Crippen MR) is 52.1 cm³/mol. The molecular weight excluding hydrogens is 180 g/mol. The van der Waals surface area contributed by atoms with Gasteiger partial charge in [0.1, 0.15) is 0 Å². The van der Waals surface area contributed by atoms with Crippen LogP contribution < -0.4 is 0 Å². The zero-order valence-electron chi connectivity index (χ0n) is 8.87. The number of ether oxygens (including phenoxy) is 1. The van der Waals surface area contributed by atoms with Gasteiger partial charge in [-0.15, -0.1) is 0 Å². The van der Waals surface area contributed by atoms with Crippen LogP contribution in [-0.4, -0.2) is 23.0 Å². The maximum absolute atomic E-state index is 11.2. The molecule has 0 saturated carbocycles. The summed E-state index contributed by atoms with van der Waals surface area (Å²) < 4.78 is 4.56. The van der Waals surface area contributed by atoms with Crippen LogP contribution in [0.3, 0.4) is 0 Å². The number of methoxy groups -OCH3 is 1. The van der Waals surface area contributed by atoms with Crippen LogP contribution >= 0.6 is 0 Å². The van der Waals surface area contributed by atoms with E-state index in [-0.39, 0.29) is 11.1 Å². The van der Waals surface area contributed by atoms with Crippen molar-refractivity contribution in [2.75, 3.05) is 7.11 Å². The number of nitrogens with zero attached hydrogens (tertiary/aromatic N) is 2. The average Bonchev–Trinajstić information content (AvgIpc) is 2.15. The first-order chi connectivity index (χ1) is 6.45. The maximum atomic E-state index is 11.2. The molecule has 0 aromatic carbocycles. The maximum Gasteiger partial charge on any atom is 0.358 e. The Morgan fingerprint density at radius 1 is 1.36 bits per heavy atom. The van der Waals surface area contributed by atoms with Gasteiger partial charge in [0.05, 0.1) is 19.0 Å². The van der Waals surface area contributed by atoms with E-state index in [1.807, 2.05) is 20.8 Å². The molecule has 76 valence electrons. The van der Waals surface area contributed by atoms with E-state index in [0.717, 1.165) is 5.69 Å². The molecule has 0 aliphatic carbocycles. The molecule has 0 atom stereocenters. The second kappa shape index (κ2) is 3.74. The van der Waals surface area contributed by atoms with Crippen molar-refractivity contribution in [1.29, 1.82) is 0 Å². The highest BCUT2D eigenvalue weighted by atomic mass is 16.5. The minimum absolute atomic E-state index is 0.114. The smallest absolute Gasteiger partial charge is 0.358 e. The van der Waals surface area contributed by atoms with E-state index >= 15 is 0 Å². The second-order valence-corrected chi connectivity index (χ2v) is 4.03. The summed E-state index contributed by atoms with van der Waals surface area (Å²) in [5, 5.41) is 0. The SMILES string of the molecule is COC(=O)c1cncc(C(C)(C)C)n1. The Labute approximate surface area is 83.3 Å². The van der Waals surface area contributed by atoms with Gasteiger partial charge >= 0.3 is 5.97 Å². The molecule has 0 amide bonds. The Hall–Kier alpha value is -1.45. The summed E-state index contributed by atoms with van der Waals surface area (Å²) in [7, 11) is 1.33. The minimum atomic E-state index is -0.455. The highest BCUT2D eigenvalue weighted by Crippen LogP contribution is 2.18. The van der Waals surface area contributed by atoms with Gasteiger partial charge in [-0.25, -0.2) is 9.78 Å². The molecule has 4 nitrogen and oxygen atoms in total. The first-order valence-electron chi connectivity index (χ1n) is 4.36. The molecule has 0 fully saturated rings. The fraction of sp³-hybridized carbons (Fsp3) is 0.500. The number of rotatable bonds is 1. The molecule has 0 radical (unpaired) electrons. The average molecular weight is 194 g/mol. The standard InChI is InChI=1S/C10H14N2O2/c1-10(2,3)8-6-11-5-7(12-8)9(13)14-4/h5-6H,1-4H3. The molecule has 0 aliphatic rings. The predicted octanol–water partition coefficient (Wildman–Crippen LogP) is 1.56. The van der Waals surface area contributed by atoms with Crippen molar-refractivity contribution in [3.63, 3.8) is 0 Å². The largest absolute Gasteiger partial charge is 0.464 e. The number of esters is 1. The number of carbonyl (C=O) groups excluding carboxylic acids is 1. The summed E-state index contributed by atoms with van der Waals surface area (Å²) in [5.74, 6) is -0.455. The van der Waals surface area contributed by atoms with Gasteiger partial charge in [0.2, 0.25) is 0 Å². The normalized spacial score (nSPS) is 11.1. The summed E-state index contributed by atoms with van der Waals surface area (Å²) >= 11 is 0. The molecule has 0 unspecified atom stereocenters. The number of aromatic nitrogens is 2. The summed E-state index contributed by atoms with van der Waals surface area (Å²) in [6.45, 7) is 6.04. The van der Waals surface area contributed by atoms with Crippen molar-refractivity contribution in [1.82, 2.24) is 9.97 Å². The Morgan fingerprint density at radius 3 is 2.50 bits per heavy atom. The van der Waals surface area contributed by atoms with Gasteiger partial charge in [-0.1, -0.05) is 20.8 Å². The van der Waals surface area contributed by atoms with Crippen molar-refractivity contribution >= 4 is 5.97 Å². The van der Waals surface area contributed by atoms with Gasteiger partial charge in [-0.2, -0.15) is 0 Å². The molecule has 0 N–H and O–H groups in total. The second-order valence-electron chi connectivity index (χ2n) is 4.03. The van der Waals surface area contributed by atoms with Gasteiger partial charge in [0.25, 0.3) is 0 Å². The molecule has 1 rings (SSSR count). The van der Waals surface area contributed by atoms with Crippen LogP contribution in [0.1, 0.15) is 37.0 Å². The van der Waals surface area contributed by atoms with E-state index in [9.17, 15) is 4.79 Å². The van der Waals surface area contributed by atoms with Crippen LogP contribution in [0.4, 0.5) is 0 Å². The first kappa shape index (κ1) is 10.6. The summed E-state index contributed by atoms with van der Waals surface area (Å²) in [4.78, 5) is 19.3. The highest BCUT2D eigenvalue weighted by Gasteiger charge is 2.18. The fourth-order valence-electron chi connectivity index (χ4n) is 0.930. The van der Waals surface area contributed by atoms with Gasteiger partial charge in [0, 0.05) is 11.6 Å². The van der Waals surface area contributed by atoms with Gasteiger partial charge in [-0.3, -0.25) is 4.98 Å². The van der Waals surface area contributed by atoms with E-state index in [1.54, 1.807) is 6.20 Å². The fourth-order valence-corrected chi connectivity index (χ4v) is 0.930. The highest BCUT2D eigenvalue weighted by molar-refractivity contribution is 5.86. The lowest BCUT2D eigenvalue weighted by Crippen LogP contribution is -2.16. The topological polar surface area (TPSA) is 52.1 Å². The molecular formula is C10H14N2O2. The van der Waals surface area contributed by atoms with Crippen molar-refractivity contribution < 1.29 is 9.53 Å². The number of hydrogen-bond acceptors (Lipinski definition) is 4. The number of hydrogen-bond donors (Lipinski definition) is 0. The third-order valence-corrected chi connectivity index (χ3v) is 1.80. The van der Waals surface area contributed by atoms with Gasteiger partial charge in [0.15, 0.2) is 5.69 Å². The lowest BCUT2D eigenvalue weighted by Gasteiger charge is -2.16. The lowest BCUT2D eigenvalue weighted by molar-refractivity contribution is 0.0593. The molecule has 1 aromatic heterocycles. The van der Waals surface area contributed by atoms with E-state index in [4.69, 9.17) is 0 Å². The van der Waals surface area contributed by atoms with E-state index in [2.05, 4.69) is 14.7 Å². The molecule has 1 heterocycles. The van der Waals surface area contributed by atoms with Crippen LogP contribution in [0.25, 0.3) is 0 Å². The third kappa shape index (κ3) is 2.28. The van der Waals surface area contributed by atoms with Crippen LogP contribution in [0.5, 0.6) is 0 Å². The van der Waals surface area contributed by atoms with Gasteiger partial charge < -0.3 is 4.74 Å². The van der Waals surface area contributed by atoms with Gasteiger partial charge in [-0.05, 0) is 0 Å². The van der Waals surface area contributed by atoms with Crippen molar-refractivity contribution in [2.45, 2.75) is 26.2 Å². The molecule has 14 heavy (non-hydrogen) atoms. The van der Waals surface area contributed by atoms with Crippen molar-refractivity contribution in [3.8, 4) is 0 Å². The summed E-state index contributed by atoms with van der Waals surface area (Å²) in [5.41, 5.74) is 0.914. The zero-order chi connectivity index (χ0) is 10.8. The van der Waals surface area contributed by atoms with Crippen LogP contribution in [0.15, 0.2) is 12.4 Å². The Morgan fingerprint density at radius 2 is 2.00 bits per heavy atom. The van der Waals surface area contributed by atoms with Crippen LogP contribution in [-0.2, 0) is 10.2 Å². The zero-order valence-corrected chi connectivity index (χ0v) is 8.87. The molecule has 1 aromatic rings. The Balaban J connectivity index is 3.08. The molecule has 0 aliphatic heterocycles. The first-order valence-corrected chi connectivity index (χ1v) is 4.36. The Bertz CT molecular complexity index is 342. The molecule has 0 bridgehead atoms. The quantitative estimate of drug-likeness (QED) is 0.636. The van der Waals surface area contributed by atoms with Crippen molar-refractivity contribution in [2.24, 2.45) is 0 Å². The Kier molecular flexibility index (Phi) is 2.84. The van der Waals surface area contributed by atoms with Crippen molar-refractivity contribution in [3.05, 3.63) is 23.8 Å². The van der Waals surface area contributed by atoms with Crippen LogP contribution in [0, 0.1) is 0 Å². The van der Waals surface area contributed by atoms with Crippen LogP contribution in [0.2, 0.25) is 0 Å². The minimum Gasteiger partial charge on any atom is -0.464 e. The lowest BCUT2D eigenvalue weighted by atomic mass is 9.93.